The number of aliphatic hydroxyl groups is 1. The minimum absolute atomic E-state index is 0.161. The lowest BCUT2D eigenvalue weighted by Crippen LogP contribution is -2.21. The number of benzene rings is 1. The molecule has 1 atom stereocenters. The van der Waals surface area contributed by atoms with Crippen molar-refractivity contribution in [3.8, 4) is 5.75 Å². The van der Waals surface area contributed by atoms with Crippen molar-refractivity contribution in [2.24, 2.45) is 0 Å². The van der Waals surface area contributed by atoms with Gasteiger partial charge in [0, 0.05) is 24.9 Å². The highest BCUT2D eigenvalue weighted by atomic mass is 32.2. The third-order valence-corrected chi connectivity index (χ3v) is 3.82. The van der Waals surface area contributed by atoms with E-state index in [1.807, 2.05) is 6.92 Å². The second kappa shape index (κ2) is 9.96. The van der Waals surface area contributed by atoms with Gasteiger partial charge in [0.2, 0.25) is 0 Å². The van der Waals surface area contributed by atoms with Crippen molar-refractivity contribution in [1.82, 2.24) is 5.32 Å². The van der Waals surface area contributed by atoms with Crippen LogP contribution in [0, 0.1) is 0 Å². The quantitative estimate of drug-likeness (QED) is 0.652. The number of aliphatic hydroxyl groups excluding tert-OH is 1. The Labute approximate surface area is 122 Å². The lowest BCUT2D eigenvalue weighted by atomic mass is 10.1. The number of hydrogen-bond donors (Lipinski definition) is 2. The first-order chi connectivity index (χ1) is 9.63. The molecular formula is C14H21F2NO2S. The van der Waals surface area contributed by atoms with Gasteiger partial charge in [0.25, 0.3) is 0 Å². The van der Waals surface area contributed by atoms with Crippen LogP contribution in [0.1, 0.15) is 24.9 Å². The first-order valence-electron chi connectivity index (χ1n) is 6.60. The van der Waals surface area contributed by atoms with Crippen LogP contribution in [0.2, 0.25) is 0 Å². The Kier molecular flexibility index (Phi) is 8.57. The Balaban J connectivity index is 2.27. The summed E-state index contributed by atoms with van der Waals surface area (Å²) in [5, 5.41) is 12.0. The molecule has 0 radical (unpaired) electrons. The maximum atomic E-state index is 12.0. The van der Waals surface area contributed by atoms with Crippen LogP contribution in [-0.4, -0.2) is 36.4 Å². The molecule has 0 fully saturated rings. The molecule has 1 unspecified atom stereocenters. The maximum Gasteiger partial charge on any atom is 0.387 e. The van der Waals surface area contributed by atoms with Gasteiger partial charge in [-0.2, -0.15) is 20.5 Å². The van der Waals surface area contributed by atoms with Gasteiger partial charge in [-0.3, -0.25) is 0 Å². The predicted molar refractivity (Wildman–Crippen MR) is 78.5 cm³/mol. The van der Waals surface area contributed by atoms with Crippen LogP contribution in [-0.2, 0) is 0 Å². The van der Waals surface area contributed by atoms with E-state index in [9.17, 15) is 8.78 Å². The van der Waals surface area contributed by atoms with E-state index in [1.54, 1.807) is 36.0 Å². The molecule has 0 bridgehead atoms. The fourth-order valence-electron chi connectivity index (χ4n) is 1.67. The molecule has 0 aliphatic rings. The van der Waals surface area contributed by atoms with Gasteiger partial charge in [0.05, 0.1) is 0 Å². The molecule has 1 rings (SSSR count). The Morgan fingerprint density at radius 3 is 2.55 bits per heavy atom. The number of rotatable bonds is 10. The molecule has 2 N–H and O–H groups in total. The molecule has 0 aliphatic carbocycles. The van der Waals surface area contributed by atoms with Gasteiger partial charge < -0.3 is 15.2 Å². The molecule has 20 heavy (non-hydrogen) atoms. The van der Waals surface area contributed by atoms with Crippen molar-refractivity contribution in [3.05, 3.63) is 29.8 Å². The Bertz CT molecular complexity index is 363. The van der Waals surface area contributed by atoms with Crippen molar-refractivity contribution in [2.45, 2.75) is 26.0 Å². The van der Waals surface area contributed by atoms with Crippen molar-refractivity contribution >= 4 is 11.8 Å². The van der Waals surface area contributed by atoms with Gasteiger partial charge in [-0.05, 0) is 36.8 Å². The smallest absolute Gasteiger partial charge is 0.387 e. The molecule has 0 spiro atoms. The fourth-order valence-corrected chi connectivity index (χ4v) is 2.47. The summed E-state index contributed by atoms with van der Waals surface area (Å²) < 4.78 is 28.3. The largest absolute Gasteiger partial charge is 0.435 e. The summed E-state index contributed by atoms with van der Waals surface area (Å²) in [6, 6.07) is 6.84. The minimum Gasteiger partial charge on any atom is -0.435 e. The third-order valence-electron chi connectivity index (χ3n) is 2.75. The average Bonchev–Trinajstić information content (AvgIpc) is 2.42. The maximum absolute atomic E-state index is 12.0. The molecule has 1 aromatic rings. The van der Waals surface area contributed by atoms with E-state index >= 15 is 0 Å². The molecule has 0 amide bonds. The van der Waals surface area contributed by atoms with Gasteiger partial charge in [-0.15, -0.1) is 0 Å². The SMILES string of the molecule is CC(NCCSCCCO)c1ccc(OC(F)F)cc1. The van der Waals surface area contributed by atoms with E-state index < -0.39 is 6.61 Å². The van der Waals surface area contributed by atoms with E-state index in [-0.39, 0.29) is 18.4 Å². The van der Waals surface area contributed by atoms with Crippen LogP contribution in [0.3, 0.4) is 0 Å². The molecule has 0 aromatic heterocycles. The zero-order valence-electron chi connectivity index (χ0n) is 11.5. The first-order valence-corrected chi connectivity index (χ1v) is 7.75. The Hall–Kier alpha value is -0.850. The summed E-state index contributed by atoms with van der Waals surface area (Å²) in [5.41, 5.74) is 1.03. The molecule has 0 heterocycles. The highest BCUT2D eigenvalue weighted by Crippen LogP contribution is 2.19. The highest BCUT2D eigenvalue weighted by molar-refractivity contribution is 7.99. The molecule has 0 aliphatic heterocycles. The van der Waals surface area contributed by atoms with Crippen molar-refractivity contribution < 1.29 is 18.6 Å². The van der Waals surface area contributed by atoms with Crippen molar-refractivity contribution in [1.29, 1.82) is 0 Å². The van der Waals surface area contributed by atoms with E-state index in [2.05, 4.69) is 10.1 Å². The van der Waals surface area contributed by atoms with Gasteiger partial charge in [0.15, 0.2) is 0 Å². The monoisotopic (exact) mass is 305 g/mol. The van der Waals surface area contributed by atoms with E-state index in [0.717, 1.165) is 30.0 Å². The standard InChI is InChI=1S/C14H21F2NO2S/c1-11(17-7-10-20-9-2-8-18)12-3-5-13(6-4-12)19-14(15)16/h3-6,11,14,17-18H,2,7-10H2,1H3. The summed E-state index contributed by atoms with van der Waals surface area (Å²) >= 11 is 1.80. The molecule has 1 aromatic carbocycles. The van der Waals surface area contributed by atoms with Gasteiger partial charge >= 0.3 is 6.61 Å². The minimum atomic E-state index is -2.78. The molecule has 0 saturated heterocycles. The Morgan fingerprint density at radius 2 is 1.95 bits per heavy atom. The number of hydrogen-bond acceptors (Lipinski definition) is 4. The topological polar surface area (TPSA) is 41.5 Å². The fraction of sp³-hybridized carbons (Fsp3) is 0.571. The predicted octanol–water partition coefficient (Wildman–Crippen LogP) is 3.05. The molecule has 6 heteroatoms. The van der Waals surface area contributed by atoms with Gasteiger partial charge in [0.1, 0.15) is 5.75 Å². The van der Waals surface area contributed by atoms with Crippen molar-refractivity contribution in [2.75, 3.05) is 24.7 Å². The number of ether oxygens (including phenoxy) is 1. The lowest BCUT2D eigenvalue weighted by molar-refractivity contribution is -0.0498. The molecule has 0 saturated carbocycles. The molecular weight excluding hydrogens is 284 g/mol. The molecule has 3 nitrogen and oxygen atoms in total. The van der Waals surface area contributed by atoms with Crippen LogP contribution in [0.25, 0.3) is 0 Å². The summed E-state index contributed by atoms with van der Waals surface area (Å²) in [7, 11) is 0. The van der Waals surface area contributed by atoms with Gasteiger partial charge in [-0.25, -0.2) is 0 Å². The third kappa shape index (κ3) is 7.07. The van der Waals surface area contributed by atoms with Crippen LogP contribution >= 0.6 is 11.8 Å². The van der Waals surface area contributed by atoms with Crippen LogP contribution in [0.5, 0.6) is 5.75 Å². The van der Waals surface area contributed by atoms with Crippen LogP contribution < -0.4 is 10.1 Å². The second-order valence-corrected chi connectivity index (χ2v) is 5.54. The number of thioether (sulfide) groups is 1. The zero-order chi connectivity index (χ0) is 14.8. The summed E-state index contributed by atoms with van der Waals surface area (Å²) in [6.07, 6.45) is 0.825. The van der Waals surface area contributed by atoms with E-state index in [1.165, 1.54) is 0 Å². The lowest BCUT2D eigenvalue weighted by Gasteiger charge is -2.14. The zero-order valence-corrected chi connectivity index (χ0v) is 12.3. The first kappa shape index (κ1) is 17.2. The highest BCUT2D eigenvalue weighted by Gasteiger charge is 2.07. The Morgan fingerprint density at radius 1 is 1.25 bits per heavy atom. The number of nitrogens with one attached hydrogen (secondary N) is 1. The van der Waals surface area contributed by atoms with Crippen molar-refractivity contribution in [3.63, 3.8) is 0 Å². The van der Waals surface area contributed by atoms with Gasteiger partial charge in [-0.1, -0.05) is 12.1 Å². The molecule has 114 valence electrons. The van der Waals surface area contributed by atoms with E-state index in [4.69, 9.17) is 5.11 Å². The summed E-state index contributed by atoms with van der Waals surface area (Å²) in [6.45, 7) is 0.352. The van der Waals surface area contributed by atoms with Crippen LogP contribution in [0.15, 0.2) is 24.3 Å². The van der Waals surface area contributed by atoms with Crippen LogP contribution in [0.4, 0.5) is 8.78 Å². The number of alkyl halides is 2. The summed E-state index contributed by atoms with van der Waals surface area (Å²) in [4.78, 5) is 0. The normalized spacial score (nSPS) is 12.7. The summed E-state index contributed by atoms with van der Waals surface area (Å²) in [5.74, 6) is 2.12. The average molecular weight is 305 g/mol. The second-order valence-electron chi connectivity index (χ2n) is 4.31. The van der Waals surface area contributed by atoms with E-state index in [0.29, 0.717) is 0 Å². The number of halogens is 2.